The fourth-order valence-corrected chi connectivity index (χ4v) is 1.97. The molecule has 0 saturated carbocycles. The van der Waals surface area contributed by atoms with Gasteiger partial charge in [-0.05, 0) is 54.4 Å². The van der Waals surface area contributed by atoms with Crippen LogP contribution in [0.25, 0.3) is 0 Å². The summed E-state index contributed by atoms with van der Waals surface area (Å²) >= 11 is 0. The molecule has 0 fully saturated rings. The molecular weight excluding hydrogens is 269 g/mol. The van der Waals surface area contributed by atoms with E-state index in [1.54, 1.807) is 19.2 Å². The van der Waals surface area contributed by atoms with Gasteiger partial charge < -0.3 is 14.8 Å². The summed E-state index contributed by atoms with van der Waals surface area (Å²) in [4.78, 5) is 0. The number of rotatable bonds is 7. The quantitative estimate of drug-likeness (QED) is 0.789. The van der Waals surface area contributed by atoms with Crippen molar-refractivity contribution in [1.29, 1.82) is 0 Å². The molecule has 3 nitrogen and oxygen atoms in total. The van der Waals surface area contributed by atoms with Crippen molar-refractivity contribution in [2.45, 2.75) is 13.5 Å². The normalized spacial score (nSPS) is 10.6. The van der Waals surface area contributed by atoms with E-state index >= 15 is 0 Å². The van der Waals surface area contributed by atoms with Gasteiger partial charge >= 0.3 is 0 Å². The maximum atomic E-state index is 12.8. The Bertz CT molecular complexity index is 570. The Labute approximate surface area is 124 Å². The third-order valence-electron chi connectivity index (χ3n) is 3.16. The van der Waals surface area contributed by atoms with Crippen molar-refractivity contribution >= 4 is 0 Å². The fourth-order valence-electron chi connectivity index (χ4n) is 1.97. The molecule has 0 spiro atoms. The van der Waals surface area contributed by atoms with Crippen molar-refractivity contribution in [1.82, 2.24) is 5.32 Å². The fraction of sp³-hybridized carbons (Fsp3) is 0.294. The zero-order chi connectivity index (χ0) is 15.1. The summed E-state index contributed by atoms with van der Waals surface area (Å²) in [5.41, 5.74) is 2.37. The maximum Gasteiger partial charge on any atom is 0.127 e. The van der Waals surface area contributed by atoms with Gasteiger partial charge in [-0.25, -0.2) is 4.39 Å². The number of methoxy groups -OCH3 is 1. The van der Waals surface area contributed by atoms with Gasteiger partial charge in [-0.2, -0.15) is 0 Å². The Balaban J connectivity index is 1.96. The van der Waals surface area contributed by atoms with Gasteiger partial charge in [0.2, 0.25) is 0 Å². The molecule has 0 saturated heterocycles. The van der Waals surface area contributed by atoms with Crippen molar-refractivity contribution in [3.05, 3.63) is 59.4 Å². The van der Waals surface area contributed by atoms with Crippen molar-refractivity contribution in [3.63, 3.8) is 0 Å². The summed E-state index contributed by atoms with van der Waals surface area (Å²) < 4.78 is 23.5. The largest absolute Gasteiger partial charge is 0.457 e. The van der Waals surface area contributed by atoms with Crippen molar-refractivity contribution in [2.75, 3.05) is 20.3 Å². The average Bonchev–Trinajstić information content (AvgIpc) is 2.48. The molecule has 112 valence electrons. The molecule has 0 bridgehead atoms. The van der Waals surface area contributed by atoms with Gasteiger partial charge in [0.25, 0.3) is 0 Å². The Hall–Kier alpha value is -1.91. The van der Waals surface area contributed by atoms with Gasteiger partial charge in [0.15, 0.2) is 0 Å². The van der Waals surface area contributed by atoms with Crippen LogP contribution in [0.1, 0.15) is 11.1 Å². The van der Waals surface area contributed by atoms with Crippen molar-refractivity contribution in [2.24, 2.45) is 0 Å². The van der Waals surface area contributed by atoms with E-state index in [0.29, 0.717) is 12.4 Å². The second kappa shape index (κ2) is 7.76. The number of ether oxygens (including phenoxy) is 2. The molecule has 2 rings (SSSR count). The van der Waals surface area contributed by atoms with E-state index in [0.717, 1.165) is 24.4 Å². The van der Waals surface area contributed by atoms with Crippen molar-refractivity contribution in [3.8, 4) is 11.5 Å². The lowest BCUT2D eigenvalue weighted by Gasteiger charge is -2.11. The smallest absolute Gasteiger partial charge is 0.127 e. The maximum absolute atomic E-state index is 12.8. The Morgan fingerprint density at radius 2 is 1.76 bits per heavy atom. The van der Waals surface area contributed by atoms with E-state index in [1.165, 1.54) is 17.7 Å². The van der Waals surface area contributed by atoms with Crippen LogP contribution in [-0.4, -0.2) is 20.3 Å². The summed E-state index contributed by atoms with van der Waals surface area (Å²) in [6.45, 7) is 4.37. The number of hydrogen-bond acceptors (Lipinski definition) is 3. The van der Waals surface area contributed by atoms with E-state index in [9.17, 15) is 4.39 Å². The highest BCUT2D eigenvalue weighted by Crippen LogP contribution is 2.24. The average molecular weight is 289 g/mol. The third-order valence-corrected chi connectivity index (χ3v) is 3.16. The first-order chi connectivity index (χ1) is 10.2. The molecule has 0 amide bonds. The number of nitrogens with one attached hydrogen (secondary N) is 1. The van der Waals surface area contributed by atoms with Crippen LogP contribution < -0.4 is 10.1 Å². The van der Waals surface area contributed by atoms with Gasteiger partial charge in [-0.15, -0.1) is 0 Å². The molecule has 4 heteroatoms. The number of benzene rings is 2. The molecule has 0 aliphatic carbocycles. The van der Waals surface area contributed by atoms with Crippen LogP contribution in [0, 0.1) is 12.7 Å². The van der Waals surface area contributed by atoms with Crippen LogP contribution in [0.15, 0.2) is 42.5 Å². The molecule has 0 atom stereocenters. The minimum Gasteiger partial charge on any atom is -0.457 e. The van der Waals surface area contributed by atoms with E-state index in [2.05, 4.69) is 5.32 Å². The van der Waals surface area contributed by atoms with Crippen LogP contribution >= 0.6 is 0 Å². The first-order valence-corrected chi connectivity index (χ1v) is 6.91. The summed E-state index contributed by atoms with van der Waals surface area (Å²) in [7, 11) is 1.69. The van der Waals surface area contributed by atoms with Crippen molar-refractivity contribution < 1.29 is 13.9 Å². The van der Waals surface area contributed by atoms with Crippen LogP contribution in [0.2, 0.25) is 0 Å². The molecule has 0 heterocycles. The van der Waals surface area contributed by atoms with Crippen LogP contribution in [0.4, 0.5) is 4.39 Å². The van der Waals surface area contributed by atoms with E-state index in [-0.39, 0.29) is 5.82 Å². The van der Waals surface area contributed by atoms with Gasteiger partial charge in [-0.3, -0.25) is 0 Å². The molecule has 0 unspecified atom stereocenters. The lowest BCUT2D eigenvalue weighted by atomic mass is 10.1. The minimum absolute atomic E-state index is 0.268. The number of hydrogen-bond donors (Lipinski definition) is 1. The molecular formula is C17H20FNO2. The first-order valence-electron chi connectivity index (χ1n) is 6.91. The first kappa shape index (κ1) is 15.5. The van der Waals surface area contributed by atoms with Gasteiger partial charge in [0.1, 0.15) is 17.3 Å². The van der Waals surface area contributed by atoms with Crippen LogP contribution in [-0.2, 0) is 11.3 Å². The van der Waals surface area contributed by atoms with E-state index in [1.807, 2.05) is 25.1 Å². The predicted molar refractivity (Wildman–Crippen MR) is 81.2 cm³/mol. The monoisotopic (exact) mass is 289 g/mol. The van der Waals surface area contributed by atoms with Gasteiger partial charge in [0, 0.05) is 20.2 Å². The molecule has 0 aromatic heterocycles. The van der Waals surface area contributed by atoms with E-state index < -0.39 is 0 Å². The molecule has 1 N–H and O–H groups in total. The molecule has 2 aromatic carbocycles. The second-order valence-corrected chi connectivity index (χ2v) is 4.81. The minimum atomic E-state index is -0.268. The van der Waals surface area contributed by atoms with E-state index in [4.69, 9.17) is 9.47 Å². The molecule has 2 aromatic rings. The Morgan fingerprint density at radius 1 is 1.05 bits per heavy atom. The highest BCUT2D eigenvalue weighted by Gasteiger charge is 2.02. The summed E-state index contributed by atoms with van der Waals surface area (Å²) in [5.74, 6) is 1.11. The molecule has 0 aliphatic rings. The topological polar surface area (TPSA) is 30.5 Å². The molecule has 0 radical (unpaired) electrons. The molecule has 0 aliphatic heterocycles. The third kappa shape index (κ3) is 4.85. The highest BCUT2D eigenvalue weighted by atomic mass is 19.1. The summed E-state index contributed by atoms with van der Waals surface area (Å²) in [6, 6.07) is 11.9. The Kier molecular flexibility index (Phi) is 5.72. The summed E-state index contributed by atoms with van der Waals surface area (Å²) in [5, 5.41) is 3.31. The number of halogens is 1. The van der Waals surface area contributed by atoms with Crippen LogP contribution in [0.3, 0.4) is 0 Å². The SMILES string of the molecule is COCCNCc1ccc(Oc2ccc(F)cc2)cc1C. The standard InChI is InChI=1S/C17H20FNO2/c1-13-11-17(21-16-7-4-15(18)5-8-16)6-3-14(13)12-19-9-10-20-2/h3-8,11,19H,9-10,12H2,1-2H3. The Morgan fingerprint density at radius 3 is 2.43 bits per heavy atom. The summed E-state index contributed by atoms with van der Waals surface area (Å²) in [6.07, 6.45) is 0. The second-order valence-electron chi connectivity index (χ2n) is 4.81. The van der Waals surface area contributed by atoms with Gasteiger partial charge in [0.05, 0.1) is 6.61 Å². The van der Waals surface area contributed by atoms with Crippen LogP contribution in [0.5, 0.6) is 11.5 Å². The molecule has 21 heavy (non-hydrogen) atoms. The highest BCUT2D eigenvalue weighted by molar-refractivity contribution is 5.37. The zero-order valence-electron chi connectivity index (χ0n) is 12.4. The van der Waals surface area contributed by atoms with Gasteiger partial charge in [-0.1, -0.05) is 6.07 Å². The lowest BCUT2D eigenvalue weighted by molar-refractivity contribution is 0.199. The zero-order valence-corrected chi connectivity index (χ0v) is 12.4. The lowest BCUT2D eigenvalue weighted by Crippen LogP contribution is -2.19. The number of aryl methyl sites for hydroxylation is 1. The predicted octanol–water partition coefficient (Wildman–Crippen LogP) is 3.66.